The van der Waals surface area contributed by atoms with Crippen molar-refractivity contribution in [3.63, 3.8) is 0 Å². The average Bonchev–Trinajstić information content (AvgIpc) is 2.88. The molecule has 0 spiro atoms. The number of rotatable bonds is 6. The maximum absolute atomic E-state index is 12.2. The normalized spacial score (nSPS) is 13.0. The van der Waals surface area contributed by atoms with E-state index in [1.165, 1.54) is 0 Å². The molecule has 124 valence electrons. The highest BCUT2D eigenvalue weighted by atomic mass is 16.5. The third-order valence-corrected chi connectivity index (χ3v) is 3.14. The van der Waals surface area contributed by atoms with E-state index in [-0.39, 0.29) is 24.3 Å². The number of hydrogen-bond donors (Lipinski definition) is 2. The molecular weight excluding hydrogens is 298 g/mol. The van der Waals surface area contributed by atoms with Crippen LogP contribution in [0.5, 0.6) is 0 Å². The van der Waals surface area contributed by atoms with Crippen molar-refractivity contribution in [1.29, 1.82) is 0 Å². The third-order valence-electron chi connectivity index (χ3n) is 3.14. The largest absolute Gasteiger partial charge is 0.480 e. The highest BCUT2D eigenvalue weighted by Gasteiger charge is 2.23. The van der Waals surface area contributed by atoms with Gasteiger partial charge in [0.15, 0.2) is 0 Å². The van der Waals surface area contributed by atoms with Crippen LogP contribution in [0.2, 0.25) is 0 Å². The first kappa shape index (κ1) is 17.0. The summed E-state index contributed by atoms with van der Waals surface area (Å²) in [7, 11) is 0. The van der Waals surface area contributed by atoms with Crippen LogP contribution in [0.3, 0.4) is 0 Å². The molecule has 0 aliphatic heterocycles. The second-order valence-corrected chi connectivity index (χ2v) is 6.21. The Morgan fingerprint density at radius 3 is 2.74 bits per heavy atom. The van der Waals surface area contributed by atoms with Crippen molar-refractivity contribution in [2.45, 2.75) is 38.8 Å². The van der Waals surface area contributed by atoms with E-state index >= 15 is 0 Å². The summed E-state index contributed by atoms with van der Waals surface area (Å²) in [6.45, 7) is 5.90. The fraction of sp³-hybridized carbons (Fsp3) is 0.438. The number of carboxylic acids is 1. The van der Waals surface area contributed by atoms with Gasteiger partial charge in [-0.3, -0.25) is 4.79 Å². The summed E-state index contributed by atoms with van der Waals surface area (Å²) in [6.07, 6.45) is 3.52. The summed E-state index contributed by atoms with van der Waals surface area (Å²) in [5, 5.41) is 11.7. The molecule has 0 saturated carbocycles. The Bertz CT molecular complexity index is 670. The van der Waals surface area contributed by atoms with E-state index in [0.29, 0.717) is 5.65 Å². The number of amides is 1. The lowest BCUT2D eigenvalue weighted by Crippen LogP contribution is -2.42. The number of nitrogens with zero attached hydrogens (tertiary/aromatic N) is 2. The maximum atomic E-state index is 12.2. The van der Waals surface area contributed by atoms with Crippen molar-refractivity contribution in [2.75, 3.05) is 6.61 Å². The number of aliphatic carboxylic acids is 1. The molecule has 7 nitrogen and oxygen atoms in total. The molecule has 0 bridgehead atoms. The van der Waals surface area contributed by atoms with Gasteiger partial charge in [0.05, 0.1) is 5.60 Å². The van der Waals surface area contributed by atoms with E-state index in [0.717, 1.165) is 0 Å². The van der Waals surface area contributed by atoms with Crippen molar-refractivity contribution in [3.8, 4) is 0 Å². The number of aromatic nitrogens is 2. The zero-order chi connectivity index (χ0) is 17.0. The monoisotopic (exact) mass is 319 g/mol. The van der Waals surface area contributed by atoms with Crippen LogP contribution in [0.4, 0.5) is 0 Å². The number of carbonyl (C=O) groups is 2. The van der Waals surface area contributed by atoms with Crippen LogP contribution in [0.15, 0.2) is 30.6 Å². The van der Waals surface area contributed by atoms with E-state index in [4.69, 9.17) is 4.74 Å². The van der Waals surface area contributed by atoms with Crippen LogP contribution in [0.25, 0.3) is 5.65 Å². The molecule has 0 radical (unpaired) electrons. The molecule has 2 heterocycles. The van der Waals surface area contributed by atoms with Crippen LogP contribution >= 0.6 is 0 Å². The second kappa shape index (κ2) is 6.78. The smallest absolute Gasteiger partial charge is 0.326 e. The predicted octanol–water partition coefficient (Wildman–Crippen LogP) is 1.72. The predicted molar refractivity (Wildman–Crippen MR) is 84.4 cm³/mol. The van der Waals surface area contributed by atoms with Gasteiger partial charge in [-0.1, -0.05) is 6.07 Å². The molecule has 0 saturated heterocycles. The van der Waals surface area contributed by atoms with Crippen LogP contribution in [0, 0.1) is 0 Å². The number of carbonyl (C=O) groups excluding carboxylic acids is 1. The number of nitrogens with one attached hydrogen (secondary N) is 1. The fourth-order valence-corrected chi connectivity index (χ4v) is 2.02. The summed E-state index contributed by atoms with van der Waals surface area (Å²) in [5.41, 5.74) is 0.453. The molecule has 2 aromatic heterocycles. The Hall–Kier alpha value is -2.41. The van der Waals surface area contributed by atoms with Crippen molar-refractivity contribution >= 4 is 17.5 Å². The summed E-state index contributed by atoms with van der Waals surface area (Å²) >= 11 is 0. The molecule has 0 aliphatic carbocycles. The van der Waals surface area contributed by atoms with Crippen molar-refractivity contribution in [1.82, 2.24) is 14.7 Å². The van der Waals surface area contributed by atoms with Gasteiger partial charge >= 0.3 is 5.97 Å². The lowest BCUT2D eigenvalue weighted by Gasteiger charge is -2.21. The minimum Gasteiger partial charge on any atom is -0.480 e. The second-order valence-electron chi connectivity index (χ2n) is 6.21. The fourth-order valence-electron chi connectivity index (χ4n) is 2.02. The van der Waals surface area contributed by atoms with Gasteiger partial charge < -0.3 is 19.6 Å². The lowest BCUT2D eigenvalue weighted by atomic mass is 10.1. The van der Waals surface area contributed by atoms with Crippen molar-refractivity contribution < 1.29 is 19.4 Å². The molecule has 0 aromatic carbocycles. The molecule has 2 rings (SSSR count). The molecule has 0 fully saturated rings. The Morgan fingerprint density at radius 2 is 2.13 bits per heavy atom. The molecule has 2 aromatic rings. The summed E-state index contributed by atoms with van der Waals surface area (Å²) < 4.78 is 7.21. The highest BCUT2D eigenvalue weighted by Crippen LogP contribution is 2.09. The standard InChI is InChI=1S/C16H21N3O4/c1-16(2,3)23-9-7-11(15(21)22)18-14(20)12-10-19-8-5-4-6-13(19)17-12/h4-6,8,10-11H,7,9H2,1-3H3,(H,18,20)(H,21,22). The van der Waals surface area contributed by atoms with Gasteiger partial charge in [0.2, 0.25) is 0 Å². The van der Waals surface area contributed by atoms with Crippen LogP contribution in [0.1, 0.15) is 37.7 Å². The zero-order valence-electron chi connectivity index (χ0n) is 13.4. The SMILES string of the molecule is CC(C)(C)OCCC(NC(=O)c1cn2ccccc2n1)C(=O)O. The number of pyridine rings is 1. The highest BCUT2D eigenvalue weighted by molar-refractivity contribution is 5.95. The maximum Gasteiger partial charge on any atom is 0.326 e. The summed E-state index contributed by atoms with van der Waals surface area (Å²) in [4.78, 5) is 27.7. The lowest BCUT2D eigenvalue weighted by molar-refractivity contribution is -0.140. The molecule has 0 aliphatic rings. The van der Waals surface area contributed by atoms with Gasteiger partial charge in [0, 0.05) is 25.4 Å². The van der Waals surface area contributed by atoms with E-state index in [9.17, 15) is 14.7 Å². The first-order valence-electron chi connectivity index (χ1n) is 7.37. The number of fused-ring (bicyclic) bond motifs is 1. The van der Waals surface area contributed by atoms with E-state index in [2.05, 4.69) is 10.3 Å². The molecule has 2 N–H and O–H groups in total. The van der Waals surface area contributed by atoms with Gasteiger partial charge in [-0.25, -0.2) is 9.78 Å². The zero-order valence-corrected chi connectivity index (χ0v) is 13.4. The Kier molecular flexibility index (Phi) is 5.00. The average molecular weight is 319 g/mol. The van der Waals surface area contributed by atoms with Crippen molar-refractivity contribution in [2.24, 2.45) is 0 Å². The number of hydrogen-bond acceptors (Lipinski definition) is 4. The van der Waals surface area contributed by atoms with E-state index in [1.54, 1.807) is 22.9 Å². The van der Waals surface area contributed by atoms with Gasteiger partial charge in [0.25, 0.3) is 5.91 Å². The Balaban J connectivity index is 2.01. The number of imidazole rings is 1. The Morgan fingerprint density at radius 1 is 1.39 bits per heavy atom. The molecule has 1 atom stereocenters. The Labute approximate surface area is 134 Å². The van der Waals surface area contributed by atoms with Crippen LogP contribution in [-0.2, 0) is 9.53 Å². The molecule has 7 heteroatoms. The van der Waals surface area contributed by atoms with Crippen LogP contribution < -0.4 is 5.32 Å². The van der Waals surface area contributed by atoms with Gasteiger partial charge in [-0.15, -0.1) is 0 Å². The number of carboxylic acid groups (broad SMARTS) is 1. The van der Waals surface area contributed by atoms with Gasteiger partial charge in [-0.05, 0) is 32.9 Å². The minimum atomic E-state index is -1.10. The summed E-state index contributed by atoms with van der Waals surface area (Å²) in [5.74, 6) is -1.61. The van der Waals surface area contributed by atoms with Gasteiger partial charge in [0.1, 0.15) is 17.4 Å². The number of ether oxygens (including phenoxy) is 1. The molecular formula is C16H21N3O4. The van der Waals surface area contributed by atoms with Gasteiger partial charge in [-0.2, -0.15) is 0 Å². The quantitative estimate of drug-likeness (QED) is 0.845. The molecule has 23 heavy (non-hydrogen) atoms. The van der Waals surface area contributed by atoms with Crippen molar-refractivity contribution in [3.05, 3.63) is 36.3 Å². The van der Waals surface area contributed by atoms with E-state index < -0.39 is 17.9 Å². The topological polar surface area (TPSA) is 92.9 Å². The minimum absolute atomic E-state index is 0.180. The first-order valence-corrected chi connectivity index (χ1v) is 7.37. The van der Waals surface area contributed by atoms with Crippen LogP contribution in [-0.4, -0.2) is 44.6 Å². The summed E-state index contributed by atoms with van der Waals surface area (Å²) in [6, 6.07) is 4.38. The van der Waals surface area contributed by atoms with E-state index in [1.807, 2.05) is 32.9 Å². The third kappa shape index (κ3) is 4.79. The first-order chi connectivity index (χ1) is 10.8. The molecule has 1 unspecified atom stereocenters. The molecule has 1 amide bonds.